The lowest BCUT2D eigenvalue weighted by Crippen LogP contribution is -2.54. The van der Waals surface area contributed by atoms with E-state index in [-0.39, 0.29) is 29.7 Å². The Morgan fingerprint density at radius 3 is 2.56 bits per heavy atom. The molecule has 2 fully saturated rings. The molecule has 146 valence electrons. The SMILES string of the molecule is CCC(=O)N1CCCCC1C(=O)N1CCC(C(=O)Nc2ccccn2)CC1. The van der Waals surface area contributed by atoms with Crippen molar-refractivity contribution < 1.29 is 14.4 Å². The first-order valence-corrected chi connectivity index (χ1v) is 9.90. The lowest BCUT2D eigenvalue weighted by atomic mass is 9.94. The van der Waals surface area contributed by atoms with E-state index in [1.165, 1.54) is 0 Å². The molecule has 27 heavy (non-hydrogen) atoms. The van der Waals surface area contributed by atoms with Gasteiger partial charge in [-0.3, -0.25) is 14.4 Å². The number of nitrogens with zero attached hydrogens (tertiary/aromatic N) is 3. The summed E-state index contributed by atoms with van der Waals surface area (Å²) < 4.78 is 0. The molecule has 0 aromatic carbocycles. The third-order valence-corrected chi connectivity index (χ3v) is 5.50. The zero-order valence-electron chi connectivity index (χ0n) is 15.9. The molecule has 2 saturated heterocycles. The van der Waals surface area contributed by atoms with E-state index >= 15 is 0 Å². The highest BCUT2D eigenvalue weighted by atomic mass is 16.2. The Kier molecular flexibility index (Phi) is 6.42. The molecular formula is C20H28N4O3. The number of piperidine rings is 2. The van der Waals surface area contributed by atoms with Gasteiger partial charge in [-0.15, -0.1) is 0 Å². The van der Waals surface area contributed by atoms with E-state index in [1.807, 2.05) is 17.9 Å². The molecule has 1 aromatic heterocycles. The highest BCUT2D eigenvalue weighted by Crippen LogP contribution is 2.24. The number of pyridine rings is 1. The van der Waals surface area contributed by atoms with Crippen LogP contribution >= 0.6 is 0 Å². The highest BCUT2D eigenvalue weighted by Gasteiger charge is 2.36. The van der Waals surface area contributed by atoms with Crippen LogP contribution in [0.2, 0.25) is 0 Å². The van der Waals surface area contributed by atoms with Gasteiger partial charge in [0.25, 0.3) is 0 Å². The van der Waals surface area contributed by atoms with Crippen molar-refractivity contribution in [1.29, 1.82) is 0 Å². The topological polar surface area (TPSA) is 82.6 Å². The van der Waals surface area contributed by atoms with Gasteiger partial charge in [0.2, 0.25) is 17.7 Å². The first kappa shape index (κ1) is 19.3. The van der Waals surface area contributed by atoms with E-state index in [1.54, 1.807) is 23.2 Å². The second-order valence-corrected chi connectivity index (χ2v) is 7.26. The molecule has 1 aromatic rings. The average Bonchev–Trinajstić information content (AvgIpc) is 2.73. The maximum absolute atomic E-state index is 13.0. The van der Waals surface area contributed by atoms with Crippen LogP contribution in [0.4, 0.5) is 5.82 Å². The molecule has 3 rings (SSSR count). The van der Waals surface area contributed by atoms with Crippen LogP contribution in [0.5, 0.6) is 0 Å². The molecule has 3 heterocycles. The predicted molar refractivity (Wildman–Crippen MR) is 102 cm³/mol. The van der Waals surface area contributed by atoms with Crippen molar-refractivity contribution in [3.8, 4) is 0 Å². The van der Waals surface area contributed by atoms with Gasteiger partial charge in [0.1, 0.15) is 11.9 Å². The van der Waals surface area contributed by atoms with Crippen LogP contribution in [-0.4, -0.2) is 58.2 Å². The number of hydrogen-bond donors (Lipinski definition) is 1. The second kappa shape index (κ2) is 8.97. The van der Waals surface area contributed by atoms with Gasteiger partial charge in [-0.2, -0.15) is 0 Å². The van der Waals surface area contributed by atoms with Gasteiger partial charge in [-0.25, -0.2) is 4.98 Å². The molecule has 2 aliphatic heterocycles. The van der Waals surface area contributed by atoms with Gasteiger partial charge in [-0.1, -0.05) is 13.0 Å². The Hall–Kier alpha value is -2.44. The van der Waals surface area contributed by atoms with Gasteiger partial charge in [0, 0.05) is 38.2 Å². The van der Waals surface area contributed by atoms with Crippen LogP contribution in [0.25, 0.3) is 0 Å². The van der Waals surface area contributed by atoms with Crippen LogP contribution in [0.15, 0.2) is 24.4 Å². The Morgan fingerprint density at radius 2 is 1.89 bits per heavy atom. The first-order chi connectivity index (χ1) is 13.1. The van der Waals surface area contributed by atoms with Gasteiger partial charge >= 0.3 is 0 Å². The number of anilines is 1. The normalized spacial score (nSPS) is 21.0. The maximum atomic E-state index is 13.0. The average molecular weight is 372 g/mol. The highest BCUT2D eigenvalue weighted by molar-refractivity contribution is 5.92. The fraction of sp³-hybridized carbons (Fsp3) is 0.600. The minimum atomic E-state index is -0.329. The van der Waals surface area contributed by atoms with Crippen molar-refractivity contribution in [2.45, 2.75) is 51.5 Å². The molecule has 0 spiro atoms. The summed E-state index contributed by atoms with van der Waals surface area (Å²) in [4.78, 5) is 45.3. The summed E-state index contributed by atoms with van der Waals surface area (Å²) in [5.74, 6) is 0.492. The van der Waals surface area contributed by atoms with Crippen molar-refractivity contribution in [2.24, 2.45) is 5.92 Å². The Bertz CT molecular complexity index is 671. The van der Waals surface area contributed by atoms with Crippen molar-refractivity contribution in [3.63, 3.8) is 0 Å². The van der Waals surface area contributed by atoms with Crippen LogP contribution < -0.4 is 5.32 Å². The van der Waals surface area contributed by atoms with Gasteiger partial charge in [0.15, 0.2) is 0 Å². The number of likely N-dealkylation sites (tertiary alicyclic amines) is 2. The summed E-state index contributed by atoms with van der Waals surface area (Å²) in [6.45, 7) is 3.63. The number of carbonyl (C=O) groups is 3. The van der Waals surface area contributed by atoms with Gasteiger partial charge < -0.3 is 15.1 Å². The summed E-state index contributed by atoms with van der Waals surface area (Å²) in [7, 11) is 0. The molecule has 0 bridgehead atoms. The largest absolute Gasteiger partial charge is 0.341 e. The van der Waals surface area contributed by atoms with Crippen LogP contribution in [0.3, 0.4) is 0 Å². The standard InChI is InChI=1S/C20H28N4O3/c1-2-18(25)24-12-6-4-7-16(24)20(27)23-13-9-15(10-14-23)19(26)22-17-8-3-5-11-21-17/h3,5,8,11,15-16H,2,4,6-7,9-10,12-14H2,1H3,(H,21,22,26). The van der Waals surface area contributed by atoms with Crippen molar-refractivity contribution in [1.82, 2.24) is 14.8 Å². The Morgan fingerprint density at radius 1 is 1.11 bits per heavy atom. The Balaban J connectivity index is 1.54. The fourth-order valence-electron chi connectivity index (χ4n) is 3.93. The molecule has 1 atom stereocenters. The molecule has 2 aliphatic rings. The van der Waals surface area contributed by atoms with Crippen LogP contribution in [0, 0.1) is 5.92 Å². The van der Waals surface area contributed by atoms with Crippen molar-refractivity contribution in [2.75, 3.05) is 25.0 Å². The first-order valence-electron chi connectivity index (χ1n) is 9.90. The number of hydrogen-bond acceptors (Lipinski definition) is 4. The zero-order valence-corrected chi connectivity index (χ0v) is 15.9. The second-order valence-electron chi connectivity index (χ2n) is 7.26. The quantitative estimate of drug-likeness (QED) is 0.877. The van der Waals surface area contributed by atoms with Crippen LogP contribution in [-0.2, 0) is 14.4 Å². The minimum Gasteiger partial charge on any atom is -0.341 e. The summed E-state index contributed by atoms with van der Waals surface area (Å²) >= 11 is 0. The van der Waals surface area contributed by atoms with E-state index in [0.717, 1.165) is 19.3 Å². The molecular weight excluding hydrogens is 344 g/mol. The van der Waals surface area contributed by atoms with E-state index < -0.39 is 0 Å². The van der Waals surface area contributed by atoms with Crippen LogP contribution in [0.1, 0.15) is 45.4 Å². The van der Waals surface area contributed by atoms with E-state index in [2.05, 4.69) is 10.3 Å². The number of nitrogens with one attached hydrogen (secondary N) is 1. The molecule has 7 heteroatoms. The van der Waals surface area contributed by atoms with Gasteiger partial charge in [0.05, 0.1) is 0 Å². The molecule has 1 N–H and O–H groups in total. The zero-order chi connectivity index (χ0) is 19.2. The lowest BCUT2D eigenvalue weighted by Gasteiger charge is -2.39. The van der Waals surface area contributed by atoms with E-state index in [4.69, 9.17) is 0 Å². The summed E-state index contributed by atoms with van der Waals surface area (Å²) in [6.07, 6.45) is 6.03. The maximum Gasteiger partial charge on any atom is 0.245 e. The van der Waals surface area contributed by atoms with E-state index in [0.29, 0.717) is 44.7 Å². The monoisotopic (exact) mass is 372 g/mol. The number of aromatic nitrogens is 1. The van der Waals surface area contributed by atoms with Crippen molar-refractivity contribution >= 4 is 23.5 Å². The fourth-order valence-corrected chi connectivity index (χ4v) is 3.93. The molecule has 7 nitrogen and oxygen atoms in total. The molecule has 0 saturated carbocycles. The summed E-state index contributed by atoms with van der Waals surface area (Å²) in [5.41, 5.74) is 0. The smallest absolute Gasteiger partial charge is 0.245 e. The summed E-state index contributed by atoms with van der Waals surface area (Å²) in [6, 6.07) is 5.07. The number of amides is 3. The predicted octanol–water partition coefficient (Wildman–Crippen LogP) is 2.05. The summed E-state index contributed by atoms with van der Waals surface area (Å²) in [5, 5.41) is 2.84. The third-order valence-electron chi connectivity index (χ3n) is 5.50. The molecule has 3 amide bonds. The van der Waals surface area contributed by atoms with E-state index in [9.17, 15) is 14.4 Å². The minimum absolute atomic E-state index is 0.0405. The van der Waals surface area contributed by atoms with Gasteiger partial charge in [-0.05, 0) is 44.2 Å². The van der Waals surface area contributed by atoms with Crippen molar-refractivity contribution in [3.05, 3.63) is 24.4 Å². The third kappa shape index (κ3) is 4.64. The number of carbonyl (C=O) groups excluding carboxylic acids is 3. The molecule has 1 unspecified atom stereocenters. The molecule has 0 aliphatic carbocycles. The molecule has 0 radical (unpaired) electrons. The number of rotatable bonds is 4. The lowest BCUT2D eigenvalue weighted by molar-refractivity contribution is -0.148. The Labute approximate surface area is 160 Å².